The predicted octanol–water partition coefficient (Wildman–Crippen LogP) is 5.55. The Balaban J connectivity index is 1.96. The van der Waals surface area contributed by atoms with Crippen LogP contribution in [-0.2, 0) is 0 Å². The van der Waals surface area contributed by atoms with E-state index in [0.717, 1.165) is 0 Å². The number of benzene rings is 3. The molecule has 3 aromatic carbocycles. The summed E-state index contributed by atoms with van der Waals surface area (Å²) < 4.78 is 0. The summed E-state index contributed by atoms with van der Waals surface area (Å²) in [4.78, 5) is 5.98. The van der Waals surface area contributed by atoms with Crippen LogP contribution in [0.15, 0.2) is 102 Å². The highest BCUT2D eigenvalue weighted by Gasteiger charge is 2.17. The van der Waals surface area contributed by atoms with Crippen LogP contribution in [0, 0.1) is 0 Å². The lowest BCUT2D eigenvalue weighted by molar-refractivity contribution is 0.384. The SMILES string of the molecule is C=N/C=C\N(C)C(c1ccccc1)c1ccc(-c2ccccc2)cc1. The first-order valence-corrected chi connectivity index (χ1v) is 8.34. The van der Waals surface area contributed by atoms with Gasteiger partial charge < -0.3 is 4.90 Å². The van der Waals surface area contributed by atoms with Crippen LogP contribution >= 0.6 is 0 Å². The molecular formula is C23H22N2. The smallest absolute Gasteiger partial charge is 0.0787 e. The number of rotatable bonds is 6. The molecule has 0 heterocycles. The maximum absolute atomic E-state index is 3.83. The van der Waals surface area contributed by atoms with E-state index in [1.807, 2.05) is 18.3 Å². The molecular weight excluding hydrogens is 304 g/mol. The van der Waals surface area contributed by atoms with Crippen molar-refractivity contribution in [2.45, 2.75) is 6.04 Å². The van der Waals surface area contributed by atoms with Crippen LogP contribution in [-0.4, -0.2) is 18.7 Å². The maximum Gasteiger partial charge on any atom is 0.0787 e. The fourth-order valence-corrected chi connectivity index (χ4v) is 3.02. The Bertz CT molecular complexity index is 821. The monoisotopic (exact) mass is 326 g/mol. The molecule has 0 aliphatic carbocycles. The number of aliphatic imine (C=N–C) groups is 1. The first-order valence-electron chi connectivity index (χ1n) is 8.34. The molecule has 25 heavy (non-hydrogen) atoms. The zero-order chi connectivity index (χ0) is 17.5. The van der Waals surface area contributed by atoms with Gasteiger partial charge in [0.25, 0.3) is 0 Å². The van der Waals surface area contributed by atoms with Crippen molar-refractivity contribution in [1.29, 1.82) is 0 Å². The van der Waals surface area contributed by atoms with Gasteiger partial charge in [0, 0.05) is 19.4 Å². The molecule has 0 N–H and O–H groups in total. The minimum Gasteiger partial charge on any atom is -0.368 e. The largest absolute Gasteiger partial charge is 0.368 e. The second kappa shape index (κ2) is 8.11. The Labute approximate surface area is 149 Å². The van der Waals surface area contributed by atoms with Gasteiger partial charge in [-0.05, 0) is 29.0 Å². The number of nitrogens with zero attached hydrogens (tertiary/aromatic N) is 2. The molecule has 0 aliphatic rings. The lowest BCUT2D eigenvalue weighted by Crippen LogP contribution is -2.20. The molecule has 1 unspecified atom stereocenters. The van der Waals surface area contributed by atoms with Crippen molar-refractivity contribution in [1.82, 2.24) is 4.90 Å². The van der Waals surface area contributed by atoms with E-state index in [1.165, 1.54) is 22.3 Å². The summed E-state index contributed by atoms with van der Waals surface area (Å²) in [6.07, 6.45) is 3.67. The van der Waals surface area contributed by atoms with Crippen molar-refractivity contribution in [2.75, 3.05) is 7.05 Å². The summed E-state index contributed by atoms with van der Waals surface area (Å²) in [6.45, 7) is 3.52. The van der Waals surface area contributed by atoms with Crippen molar-refractivity contribution in [3.05, 3.63) is 108 Å². The van der Waals surface area contributed by atoms with Crippen molar-refractivity contribution in [3.8, 4) is 11.1 Å². The molecule has 0 saturated heterocycles. The Morgan fingerprint density at radius 3 is 1.88 bits per heavy atom. The van der Waals surface area contributed by atoms with Crippen LogP contribution in [0.4, 0.5) is 0 Å². The van der Waals surface area contributed by atoms with Crippen LogP contribution in [0.3, 0.4) is 0 Å². The van der Waals surface area contributed by atoms with E-state index in [0.29, 0.717) is 0 Å². The summed E-state index contributed by atoms with van der Waals surface area (Å²) in [6, 6.07) is 29.8. The van der Waals surface area contributed by atoms with Crippen molar-refractivity contribution in [3.63, 3.8) is 0 Å². The summed E-state index contributed by atoms with van der Waals surface area (Å²) in [7, 11) is 2.06. The third-order valence-electron chi connectivity index (χ3n) is 4.26. The van der Waals surface area contributed by atoms with Gasteiger partial charge in [0.15, 0.2) is 0 Å². The second-order valence-corrected chi connectivity index (χ2v) is 5.95. The van der Waals surface area contributed by atoms with E-state index in [1.54, 1.807) is 6.20 Å². The van der Waals surface area contributed by atoms with E-state index in [4.69, 9.17) is 0 Å². The molecule has 0 saturated carbocycles. The van der Waals surface area contributed by atoms with Crippen LogP contribution in [0.5, 0.6) is 0 Å². The average Bonchev–Trinajstić information content (AvgIpc) is 2.69. The summed E-state index contributed by atoms with van der Waals surface area (Å²) in [5.74, 6) is 0. The molecule has 2 nitrogen and oxygen atoms in total. The van der Waals surface area contributed by atoms with Gasteiger partial charge in [0.1, 0.15) is 0 Å². The molecule has 0 spiro atoms. The fraction of sp³-hybridized carbons (Fsp3) is 0.0870. The molecule has 0 bridgehead atoms. The maximum atomic E-state index is 3.83. The molecule has 124 valence electrons. The van der Waals surface area contributed by atoms with Gasteiger partial charge in [-0.1, -0.05) is 84.9 Å². The van der Waals surface area contributed by atoms with Crippen LogP contribution < -0.4 is 0 Å². The van der Waals surface area contributed by atoms with Crippen LogP contribution in [0.2, 0.25) is 0 Å². The van der Waals surface area contributed by atoms with E-state index in [2.05, 4.69) is 96.5 Å². The fourth-order valence-electron chi connectivity index (χ4n) is 3.02. The van der Waals surface area contributed by atoms with Crippen LogP contribution in [0.25, 0.3) is 11.1 Å². The van der Waals surface area contributed by atoms with Gasteiger partial charge >= 0.3 is 0 Å². The molecule has 1 atom stereocenters. The summed E-state index contributed by atoms with van der Waals surface area (Å²) in [5.41, 5.74) is 4.94. The Morgan fingerprint density at radius 1 is 0.760 bits per heavy atom. The highest BCUT2D eigenvalue weighted by Crippen LogP contribution is 2.29. The van der Waals surface area contributed by atoms with E-state index in [9.17, 15) is 0 Å². The number of hydrogen-bond donors (Lipinski definition) is 0. The van der Waals surface area contributed by atoms with Gasteiger partial charge in [0.05, 0.1) is 6.04 Å². The third-order valence-corrected chi connectivity index (χ3v) is 4.26. The van der Waals surface area contributed by atoms with E-state index < -0.39 is 0 Å². The molecule has 0 aromatic heterocycles. The Kier molecular flexibility index (Phi) is 5.43. The van der Waals surface area contributed by atoms with Crippen molar-refractivity contribution in [2.24, 2.45) is 4.99 Å². The lowest BCUT2D eigenvalue weighted by atomic mass is 9.95. The van der Waals surface area contributed by atoms with Gasteiger partial charge in [0.2, 0.25) is 0 Å². The zero-order valence-corrected chi connectivity index (χ0v) is 14.4. The highest BCUT2D eigenvalue weighted by atomic mass is 15.1. The van der Waals surface area contributed by atoms with Crippen LogP contribution in [0.1, 0.15) is 17.2 Å². The first kappa shape index (κ1) is 16.7. The third kappa shape index (κ3) is 4.04. The standard InChI is InChI=1S/C23H22N2/c1-24-17-18-25(2)23(21-11-7-4-8-12-21)22-15-13-20(14-16-22)19-9-5-3-6-10-19/h3-18,23H,1H2,2H3/b18-17-. The zero-order valence-electron chi connectivity index (χ0n) is 14.4. The molecule has 0 amide bonds. The summed E-state index contributed by atoms with van der Waals surface area (Å²) in [5, 5.41) is 0. The van der Waals surface area contributed by atoms with E-state index in [-0.39, 0.29) is 6.04 Å². The lowest BCUT2D eigenvalue weighted by Gasteiger charge is -2.28. The topological polar surface area (TPSA) is 15.6 Å². The molecule has 0 radical (unpaired) electrons. The number of hydrogen-bond acceptors (Lipinski definition) is 2. The van der Waals surface area contributed by atoms with E-state index >= 15 is 0 Å². The normalized spacial score (nSPS) is 12.0. The first-order chi connectivity index (χ1) is 12.3. The minimum absolute atomic E-state index is 0.129. The Morgan fingerprint density at radius 2 is 1.28 bits per heavy atom. The highest BCUT2D eigenvalue weighted by molar-refractivity contribution is 5.63. The molecule has 2 heteroatoms. The minimum atomic E-state index is 0.129. The van der Waals surface area contributed by atoms with Gasteiger partial charge in [-0.15, -0.1) is 0 Å². The van der Waals surface area contributed by atoms with Crippen molar-refractivity contribution < 1.29 is 0 Å². The van der Waals surface area contributed by atoms with Gasteiger partial charge in [-0.2, -0.15) is 0 Å². The molecule has 0 aliphatic heterocycles. The molecule has 3 rings (SSSR count). The average molecular weight is 326 g/mol. The Hall–Kier alpha value is -3.13. The summed E-state index contributed by atoms with van der Waals surface area (Å²) >= 11 is 0. The van der Waals surface area contributed by atoms with Crippen molar-refractivity contribution >= 4 is 6.72 Å². The molecule has 0 fully saturated rings. The predicted molar refractivity (Wildman–Crippen MR) is 107 cm³/mol. The van der Waals surface area contributed by atoms with Gasteiger partial charge in [-0.3, -0.25) is 4.99 Å². The van der Waals surface area contributed by atoms with Gasteiger partial charge in [-0.25, -0.2) is 0 Å². The molecule has 3 aromatic rings. The quantitative estimate of drug-likeness (QED) is 0.542. The second-order valence-electron chi connectivity index (χ2n) is 5.95.